The molecule has 0 aliphatic carbocycles. The highest BCUT2D eigenvalue weighted by molar-refractivity contribution is 5.22. The van der Waals surface area contributed by atoms with Gasteiger partial charge in [0.05, 0.1) is 6.10 Å². The van der Waals surface area contributed by atoms with E-state index in [2.05, 4.69) is 37.8 Å². The zero-order chi connectivity index (χ0) is 12.8. The zero-order valence-corrected chi connectivity index (χ0v) is 10.6. The first kappa shape index (κ1) is 12.6. The Balaban J connectivity index is 2.10. The third kappa shape index (κ3) is 3.08. The van der Waals surface area contributed by atoms with Crippen LogP contribution >= 0.6 is 0 Å². The van der Waals surface area contributed by atoms with E-state index >= 15 is 0 Å². The Kier molecular flexibility index (Phi) is 4.32. The highest BCUT2D eigenvalue weighted by Crippen LogP contribution is 2.26. The van der Waals surface area contributed by atoms with Crippen molar-refractivity contribution in [1.82, 2.24) is 0 Å². The second-order valence-electron chi connectivity index (χ2n) is 4.26. The topological polar surface area (TPSA) is 9.23 Å². The highest BCUT2D eigenvalue weighted by Gasteiger charge is 2.13. The van der Waals surface area contributed by atoms with Crippen LogP contribution in [0.25, 0.3) is 0 Å². The molecule has 0 N–H and O–H groups in total. The van der Waals surface area contributed by atoms with Crippen molar-refractivity contribution >= 4 is 0 Å². The molecule has 2 atom stereocenters. The number of ether oxygens (including phenoxy) is 1. The molecule has 2 rings (SSSR count). The molecule has 1 heteroatoms. The van der Waals surface area contributed by atoms with E-state index in [9.17, 15) is 0 Å². The second-order valence-corrected chi connectivity index (χ2v) is 4.26. The third-order valence-electron chi connectivity index (χ3n) is 2.96. The standard InChI is InChI=1S/C17H18O/c1-3-17(16-12-8-5-9-13-16)18-14(2)15-10-6-4-7-11-15/h3-14,17H,1H2,2H3/t14-,17+/m0/s1. The summed E-state index contributed by atoms with van der Waals surface area (Å²) in [6.07, 6.45) is 1.82. The van der Waals surface area contributed by atoms with Crippen molar-refractivity contribution < 1.29 is 4.74 Å². The Morgan fingerprint density at radius 3 is 1.89 bits per heavy atom. The quantitative estimate of drug-likeness (QED) is 0.686. The largest absolute Gasteiger partial charge is 0.362 e. The predicted molar refractivity (Wildman–Crippen MR) is 75.3 cm³/mol. The van der Waals surface area contributed by atoms with E-state index in [1.807, 2.05) is 42.5 Å². The van der Waals surface area contributed by atoms with E-state index in [1.165, 1.54) is 5.56 Å². The Morgan fingerprint density at radius 2 is 1.39 bits per heavy atom. The molecule has 1 nitrogen and oxygen atoms in total. The molecular formula is C17H18O. The first-order valence-corrected chi connectivity index (χ1v) is 6.19. The van der Waals surface area contributed by atoms with E-state index < -0.39 is 0 Å². The molecule has 0 radical (unpaired) electrons. The minimum absolute atomic E-state index is 0.0504. The highest BCUT2D eigenvalue weighted by atomic mass is 16.5. The van der Waals surface area contributed by atoms with Gasteiger partial charge in [-0.25, -0.2) is 0 Å². The van der Waals surface area contributed by atoms with Crippen LogP contribution in [-0.2, 0) is 4.74 Å². The fourth-order valence-corrected chi connectivity index (χ4v) is 1.94. The van der Waals surface area contributed by atoms with Crippen LogP contribution in [0.15, 0.2) is 73.3 Å². The van der Waals surface area contributed by atoms with Gasteiger partial charge >= 0.3 is 0 Å². The normalized spacial score (nSPS) is 13.8. The van der Waals surface area contributed by atoms with Gasteiger partial charge in [-0.2, -0.15) is 0 Å². The predicted octanol–water partition coefficient (Wildman–Crippen LogP) is 4.69. The van der Waals surface area contributed by atoms with Crippen molar-refractivity contribution in [3.63, 3.8) is 0 Å². The van der Waals surface area contributed by atoms with E-state index in [0.29, 0.717) is 0 Å². The molecule has 92 valence electrons. The van der Waals surface area contributed by atoms with Crippen molar-refractivity contribution in [3.8, 4) is 0 Å². The smallest absolute Gasteiger partial charge is 0.101 e. The lowest BCUT2D eigenvalue weighted by molar-refractivity contribution is 0.0226. The van der Waals surface area contributed by atoms with Crippen LogP contribution in [0.1, 0.15) is 30.3 Å². The van der Waals surface area contributed by atoms with Gasteiger partial charge in [0.1, 0.15) is 6.10 Å². The summed E-state index contributed by atoms with van der Waals surface area (Å²) in [4.78, 5) is 0. The van der Waals surface area contributed by atoms with Gasteiger partial charge in [-0.05, 0) is 18.1 Å². The number of hydrogen-bond donors (Lipinski definition) is 0. The molecule has 0 bridgehead atoms. The molecule has 0 aliphatic rings. The Morgan fingerprint density at radius 1 is 0.889 bits per heavy atom. The van der Waals surface area contributed by atoms with Crippen molar-refractivity contribution in [2.75, 3.05) is 0 Å². The van der Waals surface area contributed by atoms with Gasteiger partial charge in [-0.3, -0.25) is 0 Å². The molecule has 0 unspecified atom stereocenters. The summed E-state index contributed by atoms with van der Waals surface area (Å²) in [6.45, 7) is 5.92. The maximum absolute atomic E-state index is 6.05. The SMILES string of the molecule is C=C[C@@H](O[C@@H](C)c1ccccc1)c1ccccc1. The molecule has 0 heterocycles. The Bertz CT molecular complexity index is 475. The van der Waals surface area contributed by atoms with Crippen LogP contribution in [0.2, 0.25) is 0 Å². The molecule has 0 saturated carbocycles. The van der Waals surface area contributed by atoms with E-state index in [1.54, 1.807) is 0 Å². The molecule has 0 saturated heterocycles. The summed E-state index contributed by atoms with van der Waals surface area (Å²) in [7, 11) is 0. The summed E-state index contributed by atoms with van der Waals surface area (Å²) in [5.74, 6) is 0. The van der Waals surface area contributed by atoms with Crippen molar-refractivity contribution in [1.29, 1.82) is 0 Å². The molecule has 2 aromatic carbocycles. The molecule has 0 aromatic heterocycles. The lowest BCUT2D eigenvalue weighted by Gasteiger charge is -2.20. The van der Waals surface area contributed by atoms with Crippen LogP contribution in [0, 0.1) is 0 Å². The van der Waals surface area contributed by atoms with E-state index in [4.69, 9.17) is 4.74 Å². The minimum Gasteiger partial charge on any atom is -0.362 e. The van der Waals surface area contributed by atoms with Crippen molar-refractivity contribution in [2.24, 2.45) is 0 Å². The van der Waals surface area contributed by atoms with Gasteiger partial charge in [-0.1, -0.05) is 66.7 Å². The van der Waals surface area contributed by atoms with Gasteiger partial charge in [0.2, 0.25) is 0 Å². The third-order valence-corrected chi connectivity index (χ3v) is 2.96. The first-order chi connectivity index (χ1) is 8.81. The van der Waals surface area contributed by atoms with Gasteiger partial charge in [0, 0.05) is 0 Å². The molecule has 0 spiro atoms. The minimum atomic E-state index is -0.0681. The van der Waals surface area contributed by atoms with Crippen LogP contribution in [0.4, 0.5) is 0 Å². The summed E-state index contributed by atoms with van der Waals surface area (Å²) in [5.41, 5.74) is 2.32. The Labute approximate surface area is 109 Å². The van der Waals surface area contributed by atoms with Crippen molar-refractivity contribution in [2.45, 2.75) is 19.1 Å². The summed E-state index contributed by atoms with van der Waals surface area (Å²) in [5, 5.41) is 0. The Hall–Kier alpha value is -1.86. The summed E-state index contributed by atoms with van der Waals surface area (Å²) in [6, 6.07) is 20.4. The maximum Gasteiger partial charge on any atom is 0.101 e. The molecular weight excluding hydrogens is 220 g/mol. The van der Waals surface area contributed by atoms with Gasteiger partial charge in [0.25, 0.3) is 0 Å². The summed E-state index contributed by atoms with van der Waals surface area (Å²) >= 11 is 0. The number of rotatable bonds is 5. The molecule has 18 heavy (non-hydrogen) atoms. The fraction of sp³-hybridized carbons (Fsp3) is 0.176. The van der Waals surface area contributed by atoms with Crippen molar-refractivity contribution in [3.05, 3.63) is 84.4 Å². The molecule has 0 fully saturated rings. The van der Waals surface area contributed by atoms with Gasteiger partial charge in [-0.15, -0.1) is 6.58 Å². The lowest BCUT2D eigenvalue weighted by atomic mass is 10.1. The summed E-state index contributed by atoms with van der Waals surface area (Å²) < 4.78 is 6.05. The van der Waals surface area contributed by atoms with Crippen LogP contribution in [0.5, 0.6) is 0 Å². The lowest BCUT2D eigenvalue weighted by Crippen LogP contribution is -2.05. The average molecular weight is 238 g/mol. The van der Waals surface area contributed by atoms with Gasteiger partial charge < -0.3 is 4.74 Å². The van der Waals surface area contributed by atoms with Gasteiger partial charge in [0.15, 0.2) is 0 Å². The molecule has 2 aromatic rings. The maximum atomic E-state index is 6.05. The zero-order valence-electron chi connectivity index (χ0n) is 10.6. The van der Waals surface area contributed by atoms with Crippen LogP contribution in [0.3, 0.4) is 0 Å². The van der Waals surface area contributed by atoms with Crippen LogP contribution in [-0.4, -0.2) is 0 Å². The van der Waals surface area contributed by atoms with Crippen LogP contribution < -0.4 is 0 Å². The average Bonchev–Trinajstić information content (AvgIpc) is 2.46. The fourth-order valence-electron chi connectivity index (χ4n) is 1.94. The van der Waals surface area contributed by atoms with E-state index in [0.717, 1.165) is 5.56 Å². The number of hydrogen-bond acceptors (Lipinski definition) is 1. The molecule has 0 aliphatic heterocycles. The molecule has 0 amide bonds. The second kappa shape index (κ2) is 6.18. The first-order valence-electron chi connectivity index (χ1n) is 6.19. The number of benzene rings is 2. The van der Waals surface area contributed by atoms with E-state index in [-0.39, 0.29) is 12.2 Å². The monoisotopic (exact) mass is 238 g/mol.